The van der Waals surface area contributed by atoms with Crippen LogP contribution in [0.3, 0.4) is 0 Å². The first-order valence-corrected chi connectivity index (χ1v) is 7.81. The van der Waals surface area contributed by atoms with Gasteiger partial charge in [0.25, 0.3) is 0 Å². The molecular formula is C11H16Cl2N2O3S. The van der Waals surface area contributed by atoms with E-state index < -0.39 is 10.0 Å². The van der Waals surface area contributed by atoms with Gasteiger partial charge in [0.05, 0.1) is 27.2 Å². The lowest BCUT2D eigenvalue weighted by molar-refractivity contribution is 0.173. The Hall–Kier alpha value is -0.530. The molecule has 1 unspecified atom stereocenters. The minimum atomic E-state index is -3.71. The maximum atomic E-state index is 12.2. The van der Waals surface area contributed by atoms with Crippen LogP contribution in [0.4, 0.5) is 5.69 Å². The SMILES string of the molecule is CCC(COC)NS(=O)(=O)c1cc(Cl)c(N)c(Cl)c1. The van der Waals surface area contributed by atoms with Crippen LogP contribution in [-0.2, 0) is 14.8 Å². The van der Waals surface area contributed by atoms with Crippen LogP contribution in [-0.4, -0.2) is 28.2 Å². The van der Waals surface area contributed by atoms with E-state index in [0.717, 1.165) is 0 Å². The van der Waals surface area contributed by atoms with Crippen molar-refractivity contribution in [2.75, 3.05) is 19.5 Å². The molecule has 1 aromatic carbocycles. The molecule has 108 valence electrons. The third kappa shape index (κ3) is 4.22. The molecule has 0 aliphatic heterocycles. The Morgan fingerprint density at radius 3 is 2.32 bits per heavy atom. The summed E-state index contributed by atoms with van der Waals surface area (Å²) in [5.41, 5.74) is 5.73. The lowest BCUT2D eigenvalue weighted by Gasteiger charge is -2.16. The Morgan fingerprint density at radius 1 is 1.37 bits per heavy atom. The zero-order valence-corrected chi connectivity index (χ0v) is 12.9. The lowest BCUT2D eigenvalue weighted by Crippen LogP contribution is -2.37. The number of halogens is 2. The summed E-state index contributed by atoms with van der Waals surface area (Å²) in [5, 5.41) is 0.209. The van der Waals surface area contributed by atoms with Crippen molar-refractivity contribution in [1.82, 2.24) is 4.72 Å². The number of nitrogen functional groups attached to an aromatic ring is 1. The average molecular weight is 327 g/mol. The van der Waals surface area contributed by atoms with E-state index >= 15 is 0 Å². The zero-order chi connectivity index (χ0) is 14.6. The summed E-state index contributed by atoms with van der Waals surface area (Å²) in [6.45, 7) is 2.14. The fourth-order valence-electron chi connectivity index (χ4n) is 1.44. The lowest BCUT2D eigenvalue weighted by atomic mass is 10.3. The van der Waals surface area contributed by atoms with Gasteiger partial charge in [-0.05, 0) is 18.6 Å². The van der Waals surface area contributed by atoms with Crippen LogP contribution in [0.1, 0.15) is 13.3 Å². The molecule has 19 heavy (non-hydrogen) atoms. The third-order valence-corrected chi connectivity index (χ3v) is 4.67. The maximum absolute atomic E-state index is 12.2. The van der Waals surface area contributed by atoms with Crippen molar-refractivity contribution in [2.45, 2.75) is 24.3 Å². The Kier molecular flexibility index (Phi) is 5.88. The van der Waals surface area contributed by atoms with Crippen LogP contribution in [0.2, 0.25) is 10.0 Å². The van der Waals surface area contributed by atoms with Crippen LogP contribution >= 0.6 is 23.2 Å². The molecule has 0 aliphatic carbocycles. The molecule has 1 rings (SSSR count). The summed E-state index contributed by atoms with van der Waals surface area (Å²) < 4.78 is 31.8. The smallest absolute Gasteiger partial charge is 0.241 e. The molecule has 0 saturated heterocycles. The first-order valence-electron chi connectivity index (χ1n) is 5.57. The maximum Gasteiger partial charge on any atom is 0.241 e. The van der Waals surface area contributed by atoms with Crippen molar-refractivity contribution in [1.29, 1.82) is 0 Å². The topological polar surface area (TPSA) is 81.4 Å². The van der Waals surface area contributed by atoms with Gasteiger partial charge >= 0.3 is 0 Å². The van der Waals surface area contributed by atoms with E-state index in [2.05, 4.69) is 4.72 Å². The predicted molar refractivity (Wildman–Crippen MR) is 77.2 cm³/mol. The number of methoxy groups -OCH3 is 1. The molecule has 8 heteroatoms. The molecule has 0 heterocycles. The molecule has 0 amide bonds. The van der Waals surface area contributed by atoms with Crippen LogP contribution in [0.15, 0.2) is 17.0 Å². The summed E-state index contributed by atoms with van der Waals surface area (Å²) in [7, 11) is -2.20. The summed E-state index contributed by atoms with van der Waals surface area (Å²) >= 11 is 11.7. The average Bonchev–Trinajstić information content (AvgIpc) is 2.34. The van der Waals surface area contributed by atoms with E-state index in [9.17, 15) is 8.42 Å². The molecule has 5 nitrogen and oxygen atoms in total. The highest BCUT2D eigenvalue weighted by Crippen LogP contribution is 2.30. The van der Waals surface area contributed by atoms with E-state index in [1.807, 2.05) is 6.92 Å². The Morgan fingerprint density at radius 2 is 1.89 bits per heavy atom. The Balaban J connectivity index is 3.07. The quantitative estimate of drug-likeness (QED) is 0.786. The van der Waals surface area contributed by atoms with Gasteiger partial charge in [-0.3, -0.25) is 0 Å². The zero-order valence-electron chi connectivity index (χ0n) is 10.6. The molecule has 0 fully saturated rings. The number of rotatable bonds is 6. The number of benzene rings is 1. The molecule has 1 aromatic rings. The number of ether oxygens (including phenoxy) is 1. The summed E-state index contributed by atoms with van der Waals surface area (Å²) in [6, 6.07) is 2.22. The normalized spacial score (nSPS) is 13.5. The fraction of sp³-hybridized carbons (Fsp3) is 0.455. The molecule has 0 aromatic heterocycles. The van der Waals surface area contributed by atoms with Gasteiger partial charge < -0.3 is 10.5 Å². The van der Waals surface area contributed by atoms with Gasteiger partial charge in [-0.1, -0.05) is 30.1 Å². The van der Waals surface area contributed by atoms with Gasteiger partial charge in [0.1, 0.15) is 0 Å². The number of hydrogen-bond acceptors (Lipinski definition) is 4. The minimum Gasteiger partial charge on any atom is -0.396 e. The van der Waals surface area contributed by atoms with Crippen molar-refractivity contribution in [3.63, 3.8) is 0 Å². The van der Waals surface area contributed by atoms with Crippen LogP contribution in [0, 0.1) is 0 Å². The fourth-order valence-corrected chi connectivity index (χ4v) is 3.41. The van der Waals surface area contributed by atoms with Gasteiger partial charge in [-0.2, -0.15) is 0 Å². The van der Waals surface area contributed by atoms with Crippen molar-refractivity contribution in [2.24, 2.45) is 0 Å². The molecule has 0 spiro atoms. The Labute approximate surface area is 123 Å². The van der Waals surface area contributed by atoms with Crippen molar-refractivity contribution >= 4 is 38.9 Å². The standard InChI is InChI=1S/C11H16Cl2N2O3S/c1-3-7(6-18-2)15-19(16,17)8-4-9(12)11(14)10(13)5-8/h4-5,7,15H,3,6,14H2,1-2H3. The molecular weight excluding hydrogens is 311 g/mol. The minimum absolute atomic E-state index is 0.0220. The van der Waals surface area contributed by atoms with E-state index in [1.165, 1.54) is 19.2 Å². The Bertz CT molecular complexity index is 526. The van der Waals surface area contributed by atoms with Gasteiger partial charge in [0, 0.05) is 13.2 Å². The van der Waals surface area contributed by atoms with Crippen molar-refractivity contribution in [3.05, 3.63) is 22.2 Å². The number of hydrogen-bond donors (Lipinski definition) is 2. The van der Waals surface area contributed by atoms with Gasteiger partial charge in [-0.15, -0.1) is 0 Å². The summed E-state index contributed by atoms with van der Waals surface area (Å²) in [4.78, 5) is -0.0220. The number of nitrogens with two attached hydrogens (primary N) is 1. The van der Waals surface area contributed by atoms with E-state index in [0.29, 0.717) is 6.42 Å². The van der Waals surface area contributed by atoms with E-state index in [1.54, 1.807) is 0 Å². The first-order chi connectivity index (χ1) is 8.81. The van der Waals surface area contributed by atoms with Gasteiger partial charge in [0.2, 0.25) is 10.0 Å². The summed E-state index contributed by atoms with van der Waals surface area (Å²) in [5.74, 6) is 0. The molecule has 0 aliphatic rings. The monoisotopic (exact) mass is 326 g/mol. The largest absolute Gasteiger partial charge is 0.396 e. The van der Waals surface area contributed by atoms with Crippen molar-refractivity contribution < 1.29 is 13.2 Å². The number of nitrogens with one attached hydrogen (secondary N) is 1. The second-order valence-electron chi connectivity index (χ2n) is 3.98. The highest BCUT2D eigenvalue weighted by molar-refractivity contribution is 7.89. The van der Waals surface area contributed by atoms with Crippen LogP contribution < -0.4 is 10.5 Å². The number of anilines is 1. The molecule has 0 saturated carbocycles. The third-order valence-electron chi connectivity index (χ3n) is 2.55. The second-order valence-corrected chi connectivity index (χ2v) is 6.51. The van der Waals surface area contributed by atoms with Gasteiger partial charge in [0.15, 0.2) is 0 Å². The molecule has 3 N–H and O–H groups in total. The molecule has 0 radical (unpaired) electrons. The van der Waals surface area contributed by atoms with Gasteiger partial charge in [-0.25, -0.2) is 13.1 Å². The molecule has 1 atom stereocenters. The van der Waals surface area contributed by atoms with Crippen LogP contribution in [0.5, 0.6) is 0 Å². The number of sulfonamides is 1. The predicted octanol–water partition coefficient (Wildman–Crippen LogP) is 2.28. The van der Waals surface area contributed by atoms with E-state index in [-0.39, 0.29) is 33.3 Å². The second kappa shape index (κ2) is 6.76. The van der Waals surface area contributed by atoms with Crippen LogP contribution in [0.25, 0.3) is 0 Å². The first kappa shape index (κ1) is 16.5. The summed E-state index contributed by atoms with van der Waals surface area (Å²) in [6.07, 6.45) is 0.601. The molecule has 0 bridgehead atoms. The highest BCUT2D eigenvalue weighted by atomic mass is 35.5. The highest BCUT2D eigenvalue weighted by Gasteiger charge is 2.21. The van der Waals surface area contributed by atoms with E-state index in [4.69, 9.17) is 33.7 Å². The van der Waals surface area contributed by atoms with Crippen molar-refractivity contribution in [3.8, 4) is 0 Å².